The molecule has 0 bridgehead atoms. The van der Waals surface area contributed by atoms with E-state index in [0.717, 1.165) is 28.1 Å². The van der Waals surface area contributed by atoms with E-state index in [0.29, 0.717) is 18.7 Å². The van der Waals surface area contributed by atoms with Crippen molar-refractivity contribution in [3.05, 3.63) is 59.2 Å². The highest BCUT2D eigenvalue weighted by Gasteiger charge is 2.24. The third kappa shape index (κ3) is 2.61. The maximum Gasteiger partial charge on any atom is 0.256 e. The predicted molar refractivity (Wildman–Crippen MR) is 88.4 cm³/mol. The molecule has 2 aromatic rings. The van der Waals surface area contributed by atoms with Gasteiger partial charge in [-0.15, -0.1) is 0 Å². The average molecular weight is 294 g/mol. The fourth-order valence-electron chi connectivity index (χ4n) is 2.55. The van der Waals surface area contributed by atoms with Crippen LogP contribution in [0.5, 0.6) is 5.75 Å². The number of hydrogen-bond donors (Lipinski definition) is 2. The molecule has 1 aliphatic rings. The van der Waals surface area contributed by atoms with E-state index in [2.05, 4.69) is 5.32 Å². The van der Waals surface area contributed by atoms with Gasteiger partial charge in [-0.1, -0.05) is 30.3 Å². The Morgan fingerprint density at radius 1 is 1.23 bits per heavy atom. The minimum atomic E-state index is -0.101. The summed E-state index contributed by atoms with van der Waals surface area (Å²) in [5, 5.41) is 2.89. The molecule has 3 N–H and O–H groups in total. The van der Waals surface area contributed by atoms with Gasteiger partial charge in [0.1, 0.15) is 5.75 Å². The Bertz CT molecular complexity index is 751. The molecule has 0 unspecified atom stereocenters. The van der Waals surface area contributed by atoms with E-state index < -0.39 is 0 Å². The zero-order valence-corrected chi connectivity index (χ0v) is 12.4. The van der Waals surface area contributed by atoms with Crippen LogP contribution in [0.1, 0.15) is 23.6 Å². The van der Waals surface area contributed by atoms with Gasteiger partial charge >= 0.3 is 0 Å². The molecule has 2 aromatic carbocycles. The largest absolute Gasteiger partial charge is 0.493 e. The summed E-state index contributed by atoms with van der Waals surface area (Å²) in [6.07, 6.45) is 1.87. The molecule has 0 fully saturated rings. The summed E-state index contributed by atoms with van der Waals surface area (Å²) in [7, 11) is 0. The fourth-order valence-corrected chi connectivity index (χ4v) is 2.55. The fraction of sp³-hybridized carbons (Fsp3) is 0.167. The topological polar surface area (TPSA) is 64.3 Å². The summed E-state index contributed by atoms with van der Waals surface area (Å²) in [6.45, 7) is 2.98. The molecule has 1 amide bonds. The third-order valence-corrected chi connectivity index (χ3v) is 3.62. The van der Waals surface area contributed by atoms with Crippen molar-refractivity contribution in [3.8, 4) is 5.75 Å². The Labute approximate surface area is 129 Å². The predicted octanol–water partition coefficient (Wildman–Crippen LogP) is 3.04. The molecule has 0 aromatic heterocycles. The summed E-state index contributed by atoms with van der Waals surface area (Å²) in [5.41, 5.74) is 9.89. The van der Waals surface area contributed by atoms with E-state index in [1.807, 2.05) is 55.5 Å². The first-order chi connectivity index (χ1) is 10.7. The molecule has 0 saturated heterocycles. The van der Waals surface area contributed by atoms with Crippen LogP contribution in [0.4, 0.5) is 5.69 Å². The number of amides is 1. The number of rotatable bonds is 4. The monoisotopic (exact) mass is 294 g/mol. The van der Waals surface area contributed by atoms with Gasteiger partial charge in [-0.2, -0.15) is 0 Å². The van der Waals surface area contributed by atoms with Gasteiger partial charge in [0.25, 0.3) is 5.91 Å². The summed E-state index contributed by atoms with van der Waals surface area (Å²) in [5.74, 6) is 0.674. The highest BCUT2D eigenvalue weighted by Crippen LogP contribution is 2.35. The van der Waals surface area contributed by atoms with E-state index in [-0.39, 0.29) is 5.91 Å². The van der Waals surface area contributed by atoms with Gasteiger partial charge in [0.05, 0.1) is 6.61 Å². The number of nitrogens with two attached hydrogens (primary N) is 1. The van der Waals surface area contributed by atoms with Gasteiger partial charge in [-0.3, -0.25) is 4.79 Å². The first-order valence-electron chi connectivity index (χ1n) is 7.31. The molecular formula is C18H18N2O2. The first kappa shape index (κ1) is 14.4. The highest BCUT2D eigenvalue weighted by molar-refractivity contribution is 6.35. The number of anilines is 1. The zero-order chi connectivity index (χ0) is 15.5. The smallest absolute Gasteiger partial charge is 0.256 e. The van der Waals surface area contributed by atoms with Crippen LogP contribution in [0, 0.1) is 0 Å². The summed E-state index contributed by atoms with van der Waals surface area (Å²) >= 11 is 0. The molecule has 0 saturated carbocycles. The van der Waals surface area contributed by atoms with Gasteiger partial charge < -0.3 is 15.8 Å². The van der Waals surface area contributed by atoms with Crippen LogP contribution in [0.3, 0.4) is 0 Å². The molecule has 4 nitrogen and oxygen atoms in total. The van der Waals surface area contributed by atoms with E-state index in [9.17, 15) is 4.79 Å². The van der Waals surface area contributed by atoms with Crippen molar-refractivity contribution < 1.29 is 9.53 Å². The second kappa shape index (κ2) is 6.03. The summed E-state index contributed by atoms with van der Waals surface area (Å²) < 4.78 is 5.61. The average Bonchev–Trinajstić information content (AvgIpc) is 2.84. The first-order valence-corrected chi connectivity index (χ1v) is 7.31. The molecule has 0 radical (unpaired) electrons. The van der Waals surface area contributed by atoms with Crippen molar-refractivity contribution in [2.75, 3.05) is 11.9 Å². The summed E-state index contributed by atoms with van der Waals surface area (Å²) in [6, 6.07) is 13.5. The molecule has 3 rings (SSSR count). The third-order valence-electron chi connectivity index (χ3n) is 3.62. The van der Waals surface area contributed by atoms with E-state index in [4.69, 9.17) is 10.5 Å². The van der Waals surface area contributed by atoms with Crippen LogP contribution >= 0.6 is 0 Å². The minimum Gasteiger partial charge on any atom is -0.493 e. The minimum absolute atomic E-state index is 0.101. The number of nitrogens with one attached hydrogen (secondary N) is 1. The van der Waals surface area contributed by atoms with E-state index in [1.54, 1.807) is 0 Å². The van der Waals surface area contributed by atoms with Crippen LogP contribution in [-0.4, -0.2) is 12.5 Å². The number of carbonyl (C=O) groups is 1. The maximum atomic E-state index is 12.3. The Balaban J connectivity index is 2.05. The Hall–Kier alpha value is -2.59. The van der Waals surface area contributed by atoms with Crippen molar-refractivity contribution in [2.24, 2.45) is 5.73 Å². The normalized spacial score (nSPS) is 14.8. The van der Waals surface area contributed by atoms with E-state index in [1.165, 1.54) is 0 Å². The summed E-state index contributed by atoms with van der Waals surface area (Å²) in [4.78, 5) is 12.3. The van der Waals surface area contributed by atoms with Crippen LogP contribution in [-0.2, 0) is 11.3 Å². The van der Waals surface area contributed by atoms with E-state index >= 15 is 0 Å². The lowest BCUT2D eigenvalue weighted by Gasteiger charge is -2.07. The molecule has 0 aliphatic carbocycles. The van der Waals surface area contributed by atoms with Gasteiger partial charge in [-0.05, 0) is 30.7 Å². The second-order valence-electron chi connectivity index (χ2n) is 5.07. The molecule has 1 heterocycles. The molecule has 4 heteroatoms. The van der Waals surface area contributed by atoms with Gasteiger partial charge in [0.15, 0.2) is 0 Å². The number of carbonyl (C=O) groups excluding carboxylic acids is 1. The lowest BCUT2D eigenvalue weighted by Crippen LogP contribution is -2.04. The Morgan fingerprint density at radius 2 is 2.05 bits per heavy atom. The SMILES string of the molecule is CCOc1ccccc1C=C1C(=O)Nc2cc(CN)ccc21. The van der Waals surface area contributed by atoms with Crippen molar-refractivity contribution in [3.63, 3.8) is 0 Å². The standard InChI is InChI=1S/C18H18N2O2/c1-2-22-17-6-4-3-5-13(17)10-15-14-8-7-12(11-19)9-16(14)20-18(15)21/h3-10H,2,11,19H2,1H3,(H,20,21). The number of fused-ring (bicyclic) bond motifs is 1. The molecule has 1 aliphatic heterocycles. The van der Waals surface area contributed by atoms with Crippen LogP contribution in [0.25, 0.3) is 11.6 Å². The number of para-hydroxylation sites is 1. The van der Waals surface area contributed by atoms with Gasteiger partial charge in [-0.25, -0.2) is 0 Å². The van der Waals surface area contributed by atoms with Gasteiger partial charge in [0.2, 0.25) is 0 Å². The quantitative estimate of drug-likeness (QED) is 0.852. The van der Waals surface area contributed by atoms with Crippen molar-refractivity contribution in [2.45, 2.75) is 13.5 Å². The molecule has 0 spiro atoms. The van der Waals surface area contributed by atoms with Crippen LogP contribution in [0.2, 0.25) is 0 Å². The molecule has 22 heavy (non-hydrogen) atoms. The second-order valence-corrected chi connectivity index (χ2v) is 5.07. The number of hydrogen-bond acceptors (Lipinski definition) is 3. The highest BCUT2D eigenvalue weighted by atomic mass is 16.5. The Kier molecular flexibility index (Phi) is 3.94. The van der Waals surface area contributed by atoms with Crippen LogP contribution < -0.4 is 15.8 Å². The van der Waals surface area contributed by atoms with Crippen molar-refractivity contribution in [1.29, 1.82) is 0 Å². The lowest BCUT2D eigenvalue weighted by atomic mass is 10.0. The molecule has 0 atom stereocenters. The van der Waals surface area contributed by atoms with Gasteiger partial charge in [0, 0.05) is 28.9 Å². The lowest BCUT2D eigenvalue weighted by molar-refractivity contribution is -0.110. The molecular weight excluding hydrogens is 276 g/mol. The van der Waals surface area contributed by atoms with Crippen molar-refractivity contribution in [1.82, 2.24) is 0 Å². The maximum absolute atomic E-state index is 12.3. The Morgan fingerprint density at radius 3 is 2.82 bits per heavy atom. The zero-order valence-electron chi connectivity index (χ0n) is 12.4. The molecule has 112 valence electrons. The van der Waals surface area contributed by atoms with Crippen molar-refractivity contribution >= 4 is 23.2 Å². The number of benzene rings is 2. The number of ether oxygens (including phenoxy) is 1. The van der Waals surface area contributed by atoms with Crippen LogP contribution in [0.15, 0.2) is 42.5 Å².